The Kier molecular flexibility index (Phi) is 6.44. The van der Waals surface area contributed by atoms with Crippen LogP contribution in [-0.4, -0.2) is 36.8 Å². The lowest BCUT2D eigenvalue weighted by atomic mass is 10.1. The van der Waals surface area contributed by atoms with Crippen LogP contribution in [0.3, 0.4) is 0 Å². The van der Waals surface area contributed by atoms with Gasteiger partial charge < -0.3 is 18.8 Å². The Bertz CT molecular complexity index is 807. The van der Waals surface area contributed by atoms with Crippen molar-refractivity contribution in [3.05, 3.63) is 52.2 Å². The van der Waals surface area contributed by atoms with Crippen LogP contribution in [0.4, 0.5) is 0 Å². The zero-order chi connectivity index (χ0) is 19.3. The van der Waals surface area contributed by atoms with E-state index in [0.717, 1.165) is 11.1 Å². The molecule has 0 fully saturated rings. The lowest BCUT2D eigenvalue weighted by molar-refractivity contribution is 0.0477. The average Bonchev–Trinajstić information content (AvgIpc) is 2.87. The quantitative estimate of drug-likeness (QED) is 0.708. The second-order valence-electron chi connectivity index (χ2n) is 5.86. The minimum absolute atomic E-state index is 0.109. The fourth-order valence-corrected chi connectivity index (χ4v) is 2.95. The molecule has 0 amide bonds. The molecule has 0 saturated heterocycles. The molecule has 2 aromatic rings. The molecular formula is C20H25NO5. The molecule has 140 valence electrons. The molecule has 0 spiro atoms. The van der Waals surface area contributed by atoms with E-state index in [4.69, 9.17) is 14.2 Å². The highest BCUT2D eigenvalue weighted by Gasteiger charge is 2.32. The van der Waals surface area contributed by atoms with Crippen molar-refractivity contribution in [1.29, 1.82) is 0 Å². The number of benzene rings is 1. The Balaban J connectivity index is 2.62. The number of methoxy groups -OCH3 is 1. The molecule has 0 radical (unpaired) electrons. The van der Waals surface area contributed by atoms with Crippen LogP contribution in [0.15, 0.2) is 24.3 Å². The average molecular weight is 359 g/mol. The predicted octanol–water partition coefficient (Wildman–Crippen LogP) is 3.52. The van der Waals surface area contributed by atoms with Crippen LogP contribution in [0.5, 0.6) is 5.88 Å². The van der Waals surface area contributed by atoms with Crippen molar-refractivity contribution < 1.29 is 23.8 Å². The van der Waals surface area contributed by atoms with Crippen LogP contribution in [0.25, 0.3) is 0 Å². The van der Waals surface area contributed by atoms with Crippen LogP contribution in [0, 0.1) is 13.8 Å². The minimum Gasteiger partial charge on any atom is -0.482 e. The van der Waals surface area contributed by atoms with Gasteiger partial charge in [-0.1, -0.05) is 29.8 Å². The van der Waals surface area contributed by atoms with Gasteiger partial charge in [-0.05, 0) is 33.3 Å². The van der Waals surface area contributed by atoms with Crippen LogP contribution in [0.2, 0.25) is 0 Å². The normalized spacial score (nSPS) is 10.5. The van der Waals surface area contributed by atoms with E-state index in [1.54, 1.807) is 25.3 Å². The van der Waals surface area contributed by atoms with Crippen LogP contribution >= 0.6 is 0 Å². The Hall–Kier alpha value is -2.76. The summed E-state index contributed by atoms with van der Waals surface area (Å²) in [5.41, 5.74) is 3.06. The monoisotopic (exact) mass is 359 g/mol. The number of hydrogen-bond donors (Lipinski definition) is 0. The van der Waals surface area contributed by atoms with Gasteiger partial charge in [-0.2, -0.15) is 0 Å². The van der Waals surface area contributed by atoms with E-state index >= 15 is 0 Å². The summed E-state index contributed by atoms with van der Waals surface area (Å²) < 4.78 is 17.6. The standard InChI is InChI=1S/C20H25NO5/c1-6-25-19(22)16-14(4)21(12-15-10-8-9-13(3)11-15)18(24-5)17(16)20(23)26-7-2/h8-11H,6-7,12H2,1-5H3. The number of rotatable bonds is 7. The molecule has 6 nitrogen and oxygen atoms in total. The lowest BCUT2D eigenvalue weighted by Gasteiger charge is -2.12. The van der Waals surface area contributed by atoms with Gasteiger partial charge in [-0.3, -0.25) is 0 Å². The first kappa shape index (κ1) is 19.6. The summed E-state index contributed by atoms with van der Waals surface area (Å²) in [5, 5.41) is 0. The fraction of sp³-hybridized carbons (Fsp3) is 0.400. The van der Waals surface area contributed by atoms with Gasteiger partial charge in [0.05, 0.1) is 32.4 Å². The second-order valence-corrected chi connectivity index (χ2v) is 5.86. The Labute approximate surface area is 153 Å². The largest absolute Gasteiger partial charge is 0.482 e. The summed E-state index contributed by atoms with van der Waals surface area (Å²) in [6, 6.07) is 8.01. The van der Waals surface area contributed by atoms with E-state index in [2.05, 4.69) is 0 Å². The van der Waals surface area contributed by atoms with Crippen molar-refractivity contribution in [2.24, 2.45) is 0 Å². The van der Waals surface area contributed by atoms with Gasteiger partial charge in [-0.25, -0.2) is 9.59 Å². The van der Waals surface area contributed by atoms with Crippen molar-refractivity contribution in [3.63, 3.8) is 0 Å². The van der Waals surface area contributed by atoms with Crippen LogP contribution < -0.4 is 4.74 Å². The van der Waals surface area contributed by atoms with Crippen molar-refractivity contribution in [2.45, 2.75) is 34.2 Å². The van der Waals surface area contributed by atoms with E-state index in [9.17, 15) is 9.59 Å². The zero-order valence-electron chi connectivity index (χ0n) is 15.9. The summed E-state index contributed by atoms with van der Waals surface area (Å²) in [5.74, 6) is -0.863. The first-order chi connectivity index (χ1) is 12.4. The number of hydrogen-bond acceptors (Lipinski definition) is 5. The van der Waals surface area contributed by atoms with Gasteiger partial charge in [0.2, 0.25) is 5.88 Å². The molecule has 0 bridgehead atoms. The lowest BCUT2D eigenvalue weighted by Crippen LogP contribution is -2.13. The number of carbonyl (C=O) groups is 2. The highest BCUT2D eigenvalue weighted by atomic mass is 16.5. The molecule has 1 heterocycles. The van der Waals surface area contributed by atoms with Gasteiger partial charge in [0, 0.05) is 5.69 Å². The zero-order valence-corrected chi connectivity index (χ0v) is 15.9. The van der Waals surface area contributed by atoms with Crippen molar-refractivity contribution in [2.75, 3.05) is 20.3 Å². The molecule has 2 rings (SSSR count). The molecule has 1 aromatic carbocycles. The SMILES string of the molecule is CCOC(=O)c1c(C(=O)OCC)c(OC)n(Cc2cccc(C)c2)c1C. The van der Waals surface area contributed by atoms with E-state index in [1.807, 2.05) is 31.2 Å². The highest BCUT2D eigenvalue weighted by molar-refractivity contribution is 6.06. The Morgan fingerprint density at radius 2 is 1.62 bits per heavy atom. The number of esters is 2. The maximum atomic E-state index is 12.5. The van der Waals surface area contributed by atoms with Gasteiger partial charge >= 0.3 is 11.9 Å². The minimum atomic E-state index is -0.599. The summed E-state index contributed by atoms with van der Waals surface area (Å²) in [7, 11) is 1.47. The van der Waals surface area contributed by atoms with Crippen molar-refractivity contribution in [3.8, 4) is 5.88 Å². The highest BCUT2D eigenvalue weighted by Crippen LogP contribution is 2.32. The number of nitrogens with zero attached hydrogens (tertiary/aromatic N) is 1. The summed E-state index contributed by atoms with van der Waals surface area (Å²) in [4.78, 5) is 25.0. The molecule has 6 heteroatoms. The van der Waals surface area contributed by atoms with E-state index in [0.29, 0.717) is 18.1 Å². The number of ether oxygens (including phenoxy) is 3. The predicted molar refractivity (Wildman–Crippen MR) is 97.9 cm³/mol. The van der Waals surface area contributed by atoms with Crippen molar-refractivity contribution >= 4 is 11.9 Å². The molecule has 0 aliphatic rings. The van der Waals surface area contributed by atoms with Crippen LogP contribution in [-0.2, 0) is 16.0 Å². The molecule has 0 unspecified atom stereocenters. The third-order valence-corrected chi connectivity index (χ3v) is 4.05. The first-order valence-corrected chi connectivity index (χ1v) is 8.61. The summed E-state index contributed by atoms with van der Waals surface area (Å²) in [6.45, 7) is 8.09. The molecule has 0 N–H and O–H groups in total. The Morgan fingerprint density at radius 3 is 2.15 bits per heavy atom. The summed E-state index contributed by atoms with van der Waals surface area (Å²) in [6.07, 6.45) is 0. The first-order valence-electron chi connectivity index (χ1n) is 8.61. The maximum absolute atomic E-state index is 12.5. The number of carbonyl (C=O) groups excluding carboxylic acids is 2. The van der Waals surface area contributed by atoms with Gasteiger partial charge in [0.25, 0.3) is 0 Å². The third-order valence-electron chi connectivity index (χ3n) is 4.05. The molecule has 0 aliphatic carbocycles. The summed E-state index contributed by atoms with van der Waals surface area (Å²) >= 11 is 0. The second kappa shape index (κ2) is 8.56. The molecule has 0 aliphatic heterocycles. The van der Waals surface area contributed by atoms with E-state index in [1.165, 1.54) is 7.11 Å². The number of aromatic nitrogens is 1. The molecule has 0 atom stereocenters. The molecule has 26 heavy (non-hydrogen) atoms. The smallest absolute Gasteiger partial charge is 0.344 e. The maximum Gasteiger partial charge on any atom is 0.344 e. The number of aryl methyl sites for hydroxylation is 1. The Morgan fingerprint density at radius 1 is 1.00 bits per heavy atom. The fourth-order valence-electron chi connectivity index (χ4n) is 2.95. The molecule has 1 aromatic heterocycles. The molecular weight excluding hydrogens is 334 g/mol. The van der Waals surface area contributed by atoms with Gasteiger partial charge in [0.15, 0.2) is 0 Å². The van der Waals surface area contributed by atoms with Gasteiger partial charge in [-0.15, -0.1) is 0 Å². The molecule has 0 saturated carbocycles. The van der Waals surface area contributed by atoms with Crippen LogP contribution in [0.1, 0.15) is 51.4 Å². The van der Waals surface area contributed by atoms with Gasteiger partial charge in [0.1, 0.15) is 5.56 Å². The van der Waals surface area contributed by atoms with E-state index in [-0.39, 0.29) is 24.3 Å². The topological polar surface area (TPSA) is 66.8 Å². The van der Waals surface area contributed by atoms with Crippen molar-refractivity contribution in [1.82, 2.24) is 4.57 Å². The third kappa shape index (κ3) is 3.90. The van der Waals surface area contributed by atoms with E-state index < -0.39 is 11.9 Å².